The maximum atomic E-state index is 12.0. The number of aromatic nitrogens is 3. The second-order valence-electron chi connectivity index (χ2n) is 5.92. The predicted molar refractivity (Wildman–Crippen MR) is 92.7 cm³/mol. The quantitative estimate of drug-likeness (QED) is 0.692. The van der Waals surface area contributed by atoms with Crippen LogP contribution in [0.4, 0.5) is 10.7 Å². The fourth-order valence-corrected chi connectivity index (χ4v) is 2.39. The molecule has 3 N–H and O–H groups in total. The molecule has 24 heavy (non-hydrogen) atoms. The summed E-state index contributed by atoms with van der Waals surface area (Å²) in [7, 11) is 0. The molecule has 0 radical (unpaired) electrons. The summed E-state index contributed by atoms with van der Waals surface area (Å²) in [6.45, 7) is 5.06. The number of aliphatic hydroxyl groups excluding tert-OH is 1. The maximum Gasteiger partial charge on any atom is 0.321 e. The third-order valence-corrected chi connectivity index (χ3v) is 4.41. The van der Waals surface area contributed by atoms with E-state index in [2.05, 4.69) is 20.7 Å². The van der Waals surface area contributed by atoms with Gasteiger partial charge in [0.05, 0.1) is 13.2 Å². The van der Waals surface area contributed by atoms with E-state index in [4.69, 9.17) is 0 Å². The first-order valence-electron chi connectivity index (χ1n) is 8.20. The summed E-state index contributed by atoms with van der Waals surface area (Å²) in [5.41, 5.74) is 0.828. The molecule has 0 aliphatic rings. The highest BCUT2D eigenvalue weighted by Crippen LogP contribution is 2.24. The van der Waals surface area contributed by atoms with E-state index < -0.39 is 0 Å². The van der Waals surface area contributed by atoms with Crippen molar-refractivity contribution >= 4 is 12.0 Å². The molecule has 0 saturated heterocycles. The first-order valence-corrected chi connectivity index (χ1v) is 8.20. The van der Waals surface area contributed by atoms with Crippen LogP contribution >= 0.6 is 0 Å². The molecule has 130 valence electrons. The molecule has 1 heterocycles. The van der Waals surface area contributed by atoms with E-state index in [1.165, 1.54) is 0 Å². The van der Waals surface area contributed by atoms with Gasteiger partial charge in [0.2, 0.25) is 5.95 Å². The van der Waals surface area contributed by atoms with Crippen molar-refractivity contribution in [2.45, 2.75) is 33.2 Å². The van der Waals surface area contributed by atoms with Crippen LogP contribution in [0.5, 0.6) is 0 Å². The SMILES string of the molecule is CCC(CC)(CO)CNC(=O)Nc1ncn(Cc2ccccc2)n1. The molecule has 7 heteroatoms. The molecule has 0 aliphatic carbocycles. The van der Waals surface area contributed by atoms with Crippen molar-refractivity contribution in [3.05, 3.63) is 42.2 Å². The average Bonchev–Trinajstić information content (AvgIpc) is 3.04. The molecular formula is C17H25N5O2. The lowest BCUT2D eigenvalue weighted by Gasteiger charge is -2.29. The van der Waals surface area contributed by atoms with Gasteiger partial charge in [-0.3, -0.25) is 5.32 Å². The van der Waals surface area contributed by atoms with Gasteiger partial charge in [0.25, 0.3) is 0 Å². The van der Waals surface area contributed by atoms with Gasteiger partial charge in [-0.05, 0) is 18.4 Å². The Morgan fingerprint density at radius 3 is 2.58 bits per heavy atom. The van der Waals surface area contributed by atoms with E-state index in [0.717, 1.165) is 18.4 Å². The first kappa shape index (κ1) is 17.9. The number of rotatable bonds is 8. The highest BCUT2D eigenvalue weighted by atomic mass is 16.3. The molecule has 0 aliphatic heterocycles. The van der Waals surface area contributed by atoms with Gasteiger partial charge in [0, 0.05) is 12.0 Å². The van der Waals surface area contributed by atoms with Crippen molar-refractivity contribution in [1.29, 1.82) is 0 Å². The molecule has 0 bridgehead atoms. The van der Waals surface area contributed by atoms with E-state index >= 15 is 0 Å². The van der Waals surface area contributed by atoms with Crippen LogP contribution < -0.4 is 10.6 Å². The monoisotopic (exact) mass is 331 g/mol. The van der Waals surface area contributed by atoms with Crippen molar-refractivity contribution in [2.24, 2.45) is 5.41 Å². The summed E-state index contributed by atoms with van der Waals surface area (Å²) < 4.78 is 1.67. The largest absolute Gasteiger partial charge is 0.396 e. The zero-order valence-electron chi connectivity index (χ0n) is 14.2. The highest BCUT2D eigenvalue weighted by Gasteiger charge is 2.25. The number of benzene rings is 1. The zero-order chi connectivity index (χ0) is 17.4. The third kappa shape index (κ3) is 4.79. The van der Waals surface area contributed by atoms with E-state index in [-0.39, 0.29) is 24.0 Å². The molecule has 7 nitrogen and oxygen atoms in total. The van der Waals surface area contributed by atoms with E-state index in [0.29, 0.717) is 13.1 Å². The van der Waals surface area contributed by atoms with Gasteiger partial charge < -0.3 is 10.4 Å². The van der Waals surface area contributed by atoms with Gasteiger partial charge in [0.1, 0.15) is 6.33 Å². The van der Waals surface area contributed by atoms with Crippen molar-refractivity contribution < 1.29 is 9.90 Å². The molecule has 2 rings (SSSR count). The lowest BCUT2D eigenvalue weighted by molar-refractivity contribution is 0.116. The van der Waals surface area contributed by atoms with Crippen LogP contribution in [0.1, 0.15) is 32.3 Å². The van der Waals surface area contributed by atoms with Crippen LogP contribution in [-0.2, 0) is 6.54 Å². The van der Waals surface area contributed by atoms with Crippen molar-refractivity contribution in [3.8, 4) is 0 Å². The molecule has 0 atom stereocenters. The van der Waals surface area contributed by atoms with Crippen molar-refractivity contribution in [1.82, 2.24) is 20.1 Å². The number of aliphatic hydroxyl groups is 1. The number of amides is 2. The second-order valence-corrected chi connectivity index (χ2v) is 5.92. The number of carbonyl (C=O) groups is 1. The van der Waals surface area contributed by atoms with Crippen LogP contribution in [-0.4, -0.2) is 39.1 Å². The smallest absolute Gasteiger partial charge is 0.321 e. The minimum atomic E-state index is -0.368. The van der Waals surface area contributed by atoms with Gasteiger partial charge in [-0.15, -0.1) is 5.10 Å². The van der Waals surface area contributed by atoms with Crippen LogP contribution in [0.25, 0.3) is 0 Å². The van der Waals surface area contributed by atoms with E-state index in [1.54, 1.807) is 11.0 Å². The highest BCUT2D eigenvalue weighted by molar-refractivity contribution is 5.87. The van der Waals surface area contributed by atoms with Crippen LogP contribution in [0, 0.1) is 5.41 Å². The summed E-state index contributed by atoms with van der Waals surface area (Å²) in [5.74, 6) is 0.256. The first-order chi connectivity index (χ1) is 11.6. The van der Waals surface area contributed by atoms with Gasteiger partial charge >= 0.3 is 6.03 Å². The lowest BCUT2D eigenvalue weighted by Crippen LogP contribution is -2.41. The Balaban J connectivity index is 1.86. The van der Waals surface area contributed by atoms with Crippen LogP contribution in [0.2, 0.25) is 0 Å². The molecule has 1 aromatic carbocycles. The Labute approximate surface area is 142 Å². The maximum absolute atomic E-state index is 12.0. The summed E-state index contributed by atoms with van der Waals surface area (Å²) in [6, 6.07) is 9.53. The second kappa shape index (κ2) is 8.44. The molecule has 2 aromatic rings. The molecule has 0 saturated carbocycles. The average molecular weight is 331 g/mol. The molecule has 1 aromatic heterocycles. The topological polar surface area (TPSA) is 92.1 Å². The zero-order valence-corrected chi connectivity index (χ0v) is 14.2. The lowest BCUT2D eigenvalue weighted by atomic mass is 9.83. The Morgan fingerprint density at radius 2 is 1.96 bits per heavy atom. The van der Waals surface area contributed by atoms with E-state index in [9.17, 15) is 9.90 Å². The summed E-state index contributed by atoms with van der Waals surface area (Å²) in [4.78, 5) is 16.1. The summed E-state index contributed by atoms with van der Waals surface area (Å²) >= 11 is 0. The molecule has 0 spiro atoms. The minimum absolute atomic E-state index is 0.0459. The normalized spacial score (nSPS) is 11.3. The molecule has 2 amide bonds. The van der Waals surface area contributed by atoms with Gasteiger partial charge in [-0.2, -0.15) is 0 Å². The van der Waals surface area contributed by atoms with Gasteiger partial charge in [-0.25, -0.2) is 14.5 Å². The number of hydrogen-bond donors (Lipinski definition) is 3. The minimum Gasteiger partial charge on any atom is -0.396 e. The number of hydrogen-bond acceptors (Lipinski definition) is 4. The molecular weight excluding hydrogens is 306 g/mol. The number of nitrogens with zero attached hydrogens (tertiary/aromatic N) is 3. The summed E-state index contributed by atoms with van der Waals surface area (Å²) in [6.07, 6.45) is 3.17. The summed E-state index contributed by atoms with van der Waals surface area (Å²) in [5, 5.41) is 19.2. The van der Waals surface area contributed by atoms with Crippen LogP contribution in [0.3, 0.4) is 0 Å². The van der Waals surface area contributed by atoms with Gasteiger partial charge in [-0.1, -0.05) is 44.2 Å². The molecule has 0 unspecified atom stereocenters. The van der Waals surface area contributed by atoms with Crippen LogP contribution in [0.15, 0.2) is 36.7 Å². The van der Waals surface area contributed by atoms with Crippen molar-refractivity contribution in [2.75, 3.05) is 18.5 Å². The number of nitrogens with one attached hydrogen (secondary N) is 2. The molecule has 0 fully saturated rings. The Kier molecular flexibility index (Phi) is 6.31. The number of anilines is 1. The van der Waals surface area contributed by atoms with Gasteiger partial charge in [0.15, 0.2) is 0 Å². The fourth-order valence-electron chi connectivity index (χ4n) is 2.39. The van der Waals surface area contributed by atoms with Crippen molar-refractivity contribution in [3.63, 3.8) is 0 Å². The van der Waals surface area contributed by atoms with E-state index in [1.807, 2.05) is 44.2 Å². The Hall–Kier alpha value is -2.41. The third-order valence-electron chi connectivity index (χ3n) is 4.41. The predicted octanol–water partition coefficient (Wildman–Crippen LogP) is 2.25. The Morgan fingerprint density at radius 1 is 1.25 bits per heavy atom. The Bertz CT molecular complexity index is 629. The standard InChI is InChI=1S/C17H25N5O2/c1-3-17(4-2,12-23)11-18-16(24)20-15-19-13-22(21-15)10-14-8-6-5-7-9-14/h5-9,13,23H,3-4,10-12H2,1-2H3,(H2,18,20,21,24). The number of urea groups is 1. The number of carbonyl (C=O) groups excluding carboxylic acids is 1. The fraction of sp³-hybridized carbons (Fsp3) is 0.471.